The van der Waals surface area contributed by atoms with Gasteiger partial charge < -0.3 is 20.1 Å². The molecule has 1 aliphatic heterocycles. The number of carbonyl (C=O) groups is 1. The molecule has 0 saturated carbocycles. The lowest BCUT2D eigenvalue weighted by atomic mass is 9.96. The Morgan fingerprint density at radius 3 is 2.74 bits per heavy atom. The third-order valence-corrected chi connectivity index (χ3v) is 3.71. The summed E-state index contributed by atoms with van der Waals surface area (Å²) in [6, 6.07) is 2.76. The Morgan fingerprint density at radius 2 is 2.21 bits per heavy atom. The molecule has 0 bridgehead atoms. The molecule has 104 valence electrons. The van der Waals surface area contributed by atoms with Crippen LogP contribution in [-0.4, -0.2) is 44.6 Å². The number of amides is 1. The molecule has 2 unspecified atom stereocenters. The second-order valence-corrected chi connectivity index (χ2v) is 4.98. The SMILES string of the molecule is CC1CCN(C(=O)c2ccc([N+](=O)[O-])n2C)CC1O. The third kappa shape index (κ3) is 2.46. The maximum absolute atomic E-state index is 12.3. The monoisotopic (exact) mass is 267 g/mol. The molecule has 7 heteroatoms. The quantitative estimate of drug-likeness (QED) is 0.633. The molecule has 0 radical (unpaired) electrons. The third-order valence-electron chi connectivity index (χ3n) is 3.71. The van der Waals surface area contributed by atoms with E-state index in [9.17, 15) is 20.0 Å². The van der Waals surface area contributed by atoms with E-state index in [0.717, 1.165) is 6.42 Å². The van der Waals surface area contributed by atoms with Gasteiger partial charge in [0.2, 0.25) is 0 Å². The van der Waals surface area contributed by atoms with Crippen LogP contribution in [0, 0.1) is 16.0 Å². The fraction of sp³-hybridized carbons (Fsp3) is 0.583. The lowest BCUT2D eigenvalue weighted by Gasteiger charge is -2.33. The van der Waals surface area contributed by atoms with Crippen LogP contribution in [0.3, 0.4) is 0 Å². The van der Waals surface area contributed by atoms with Gasteiger partial charge in [0, 0.05) is 19.2 Å². The summed E-state index contributed by atoms with van der Waals surface area (Å²) < 4.78 is 1.27. The molecule has 1 aromatic heterocycles. The fourth-order valence-corrected chi connectivity index (χ4v) is 2.29. The molecule has 2 heterocycles. The number of carbonyl (C=O) groups excluding carboxylic acids is 1. The number of aliphatic hydroxyl groups excluding tert-OH is 1. The molecule has 2 atom stereocenters. The zero-order valence-electron chi connectivity index (χ0n) is 10.9. The van der Waals surface area contributed by atoms with Crippen molar-refractivity contribution in [3.63, 3.8) is 0 Å². The Hall–Kier alpha value is -1.89. The zero-order valence-corrected chi connectivity index (χ0v) is 10.9. The van der Waals surface area contributed by atoms with Gasteiger partial charge in [-0.1, -0.05) is 6.92 Å². The van der Waals surface area contributed by atoms with Crippen LogP contribution in [0.15, 0.2) is 12.1 Å². The molecule has 1 saturated heterocycles. The van der Waals surface area contributed by atoms with Gasteiger partial charge in [0.1, 0.15) is 0 Å². The average molecular weight is 267 g/mol. The summed E-state index contributed by atoms with van der Waals surface area (Å²) in [5.74, 6) is -0.220. The van der Waals surface area contributed by atoms with Crippen molar-refractivity contribution in [1.82, 2.24) is 9.47 Å². The van der Waals surface area contributed by atoms with E-state index in [2.05, 4.69) is 0 Å². The molecule has 1 aromatic rings. The number of rotatable bonds is 2. The molecule has 0 aliphatic carbocycles. The minimum Gasteiger partial charge on any atom is -0.391 e. The average Bonchev–Trinajstić information content (AvgIpc) is 2.74. The summed E-state index contributed by atoms with van der Waals surface area (Å²) in [7, 11) is 1.49. The van der Waals surface area contributed by atoms with Crippen LogP contribution < -0.4 is 0 Å². The molecule has 0 aromatic carbocycles. The van der Waals surface area contributed by atoms with Crippen LogP contribution in [0.1, 0.15) is 23.8 Å². The number of nitro groups is 1. The number of β-amino-alcohol motifs (C(OH)–C–C–N with tert-alkyl or cyclic N) is 1. The van der Waals surface area contributed by atoms with Gasteiger partial charge in [-0.05, 0) is 23.3 Å². The van der Waals surface area contributed by atoms with Gasteiger partial charge in [-0.15, -0.1) is 0 Å². The summed E-state index contributed by atoms with van der Waals surface area (Å²) in [5.41, 5.74) is 0.272. The van der Waals surface area contributed by atoms with E-state index in [1.54, 1.807) is 4.90 Å². The summed E-state index contributed by atoms with van der Waals surface area (Å²) in [4.78, 5) is 24.1. The van der Waals surface area contributed by atoms with E-state index < -0.39 is 11.0 Å². The number of aliphatic hydroxyl groups is 1. The van der Waals surface area contributed by atoms with Gasteiger partial charge in [0.25, 0.3) is 5.91 Å². The highest BCUT2D eigenvalue weighted by Gasteiger charge is 2.31. The maximum atomic E-state index is 12.3. The van der Waals surface area contributed by atoms with Crippen molar-refractivity contribution in [1.29, 1.82) is 0 Å². The second-order valence-electron chi connectivity index (χ2n) is 4.98. The van der Waals surface area contributed by atoms with Gasteiger partial charge >= 0.3 is 5.82 Å². The first-order valence-electron chi connectivity index (χ1n) is 6.19. The van der Waals surface area contributed by atoms with Crippen molar-refractivity contribution < 1.29 is 14.8 Å². The van der Waals surface area contributed by atoms with Gasteiger partial charge in [-0.2, -0.15) is 0 Å². The van der Waals surface area contributed by atoms with E-state index >= 15 is 0 Å². The Morgan fingerprint density at radius 1 is 1.53 bits per heavy atom. The Kier molecular flexibility index (Phi) is 3.57. The Balaban J connectivity index is 2.18. The Bertz CT molecular complexity index is 511. The summed E-state index contributed by atoms with van der Waals surface area (Å²) in [6.45, 7) is 2.79. The van der Waals surface area contributed by atoms with Crippen LogP contribution in [0.4, 0.5) is 5.82 Å². The standard InChI is InChI=1S/C12H17N3O4/c1-8-5-6-14(7-10(8)16)12(17)9-3-4-11(13(9)2)15(18)19/h3-4,8,10,16H,5-7H2,1-2H3. The number of likely N-dealkylation sites (tertiary alicyclic amines) is 1. The van der Waals surface area contributed by atoms with Crippen LogP contribution in [-0.2, 0) is 7.05 Å². The van der Waals surface area contributed by atoms with Crippen LogP contribution in [0.2, 0.25) is 0 Å². The largest absolute Gasteiger partial charge is 0.391 e. The molecular formula is C12H17N3O4. The minimum absolute atomic E-state index is 0.116. The fourth-order valence-electron chi connectivity index (χ4n) is 2.29. The number of hydrogen-bond donors (Lipinski definition) is 1. The highest BCUT2D eigenvalue weighted by Crippen LogP contribution is 2.21. The van der Waals surface area contributed by atoms with E-state index in [0.29, 0.717) is 6.54 Å². The van der Waals surface area contributed by atoms with Crippen molar-refractivity contribution in [3.8, 4) is 0 Å². The molecule has 1 fully saturated rings. The predicted molar refractivity (Wildman–Crippen MR) is 67.8 cm³/mol. The van der Waals surface area contributed by atoms with Gasteiger partial charge in [-0.25, -0.2) is 4.57 Å². The highest BCUT2D eigenvalue weighted by atomic mass is 16.6. The number of nitrogens with zero attached hydrogens (tertiary/aromatic N) is 3. The van der Waals surface area contributed by atoms with Crippen molar-refractivity contribution >= 4 is 11.7 Å². The summed E-state index contributed by atoms with van der Waals surface area (Å²) in [5, 5.41) is 20.5. The first-order valence-corrected chi connectivity index (χ1v) is 6.19. The van der Waals surface area contributed by atoms with Crippen LogP contribution in [0.25, 0.3) is 0 Å². The molecule has 2 rings (SSSR count). The van der Waals surface area contributed by atoms with Gasteiger partial charge in [0.05, 0.1) is 13.2 Å². The van der Waals surface area contributed by atoms with E-state index in [-0.39, 0.29) is 29.9 Å². The Labute approximate surface area is 110 Å². The number of aromatic nitrogens is 1. The van der Waals surface area contributed by atoms with Crippen molar-refractivity contribution in [2.24, 2.45) is 13.0 Å². The topological polar surface area (TPSA) is 88.6 Å². The summed E-state index contributed by atoms with van der Waals surface area (Å²) >= 11 is 0. The first-order chi connectivity index (χ1) is 8.91. The van der Waals surface area contributed by atoms with Crippen molar-refractivity contribution in [3.05, 3.63) is 27.9 Å². The summed E-state index contributed by atoms with van der Waals surface area (Å²) in [6.07, 6.45) is 0.201. The number of piperidine rings is 1. The first kappa shape index (κ1) is 13.5. The lowest BCUT2D eigenvalue weighted by molar-refractivity contribution is -0.391. The van der Waals surface area contributed by atoms with E-state index in [1.165, 1.54) is 23.7 Å². The maximum Gasteiger partial charge on any atom is 0.323 e. The van der Waals surface area contributed by atoms with Gasteiger partial charge in [0.15, 0.2) is 5.69 Å². The van der Waals surface area contributed by atoms with Crippen molar-refractivity contribution in [2.45, 2.75) is 19.4 Å². The van der Waals surface area contributed by atoms with E-state index in [1.807, 2.05) is 6.92 Å². The molecule has 0 spiro atoms. The molecule has 19 heavy (non-hydrogen) atoms. The van der Waals surface area contributed by atoms with Crippen LogP contribution >= 0.6 is 0 Å². The van der Waals surface area contributed by atoms with Crippen molar-refractivity contribution in [2.75, 3.05) is 13.1 Å². The number of hydrogen-bond acceptors (Lipinski definition) is 4. The van der Waals surface area contributed by atoms with Gasteiger partial charge in [-0.3, -0.25) is 4.79 Å². The molecule has 1 N–H and O–H groups in total. The second kappa shape index (κ2) is 5.00. The highest BCUT2D eigenvalue weighted by molar-refractivity contribution is 5.93. The molecule has 1 amide bonds. The van der Waals surface area contributed by atoms with Crippen LogP contribution in [0.5, 0.6) is 0 Å². The minimum atomic E-state index is -0.534. The molecular weight excluding hydrogens is 250 g/mol. The normalized spacial score (nSPS) is 23.4. The smallest absolute Gasteiger partial charge is 0.323 e. The van der Waals surface area contributed by atoms with E-state index in [4.69, 9.17) is 0 Å². The zero-order chi connectivity index (χ0) is 14.2. The molecule has 7 nitrogen and oxygen atoms in total. The lowest BCUT2D eigenvalue weighted by Crippen LogP contribution is -2.46. The predicted octanol–water partition coefficient (Wildman–Crippen LogP) is 0.776. The molecule has 1 aliphatic rings.